The molecule has 0 radical (unpaired) electrons. The van der Waals surface area contributed by atoms with Crippen LogP contribution in [0.1, 0.15) is 16.7 Å². The van der Waals surface area contributed by atoms with Crippen LogP contribution < -0.4 is 20.3 Å². The minimum Gasteiger partial charge on any atom is -0.296 e. The van der Waals surface area contributed by atoms with E-state index in [2.05, 4.69) is 10.4 Å². The highest BCUT2D eigenvalue weighted by atomic mass is 35.5. The molecule has 1 aliphatic heterocycles. The fourth-order valence-electron chi connectivity index (χ4n) is 4.33. The van der Waals surface area contributed by atoms with Gasteiger partial charge in [0.25, 0.3) is 11.5 Å². The SMILES string of the molecule is O=C1N=c2s/c(=C/c3ccc(Cl)cc3)c(=O)n2NC12c1ccccc1-c1ccccc12. The maximum Gasteiger partial charge on any atom is 0.288 e. The quantitative estimate of drug-likeness (QED) is 0.492. The Kier molecular flexibility index (Phi) is 3.84. The predicted molar refractivity (Wildman–Crippen MR) is 121 cm³/mol. The number of aromatic nitrogens is 1. The molecular formula is C24H14ClN3O2S. The van der Waals surface area contributed by atoms with E-state index in [-0.39, 0.29) is 11.5 Å². The van der Waals surface area contributed by atoms with E-state index in [1.165, 1.54) is 16.0 Å². The van der Waals surface area contributed by atoms with Gasteiger partial charge in [-0.05, 0) is 34.9 Å². The van der Waals surface area contributed by atoms with Crippen molar-refractivity contribution in [2.24, 2.45) is 4.99 Å². The fourth-order valence-corrected chi connectivity index (χ4v) is 5.37. The number of amides is 1. The van der Waals surface area contributed by atoms with E-state index in [9.17, 15) is 9.59 Å². The molecule has 0 bridgehead atoms. The molecule has 1 aliphatic carbocycles. The molecule has 2 aliphatic rings. The van der Waals surface area contributed by atoms with Gasteiger partial charge in [-0.15, -0.1) is 0 Å². The third-order valence-electron chi connectivity index (χ3n) is 5.72. The van der Waals surface area contributed by atoms with Gasteiger partial charge in [0, 0.05) is 16.1 Å². The maximum atomic E-state index is 13.5. The molecule has 0 unspecified atom stereocenters. The summed E-state index contributed by atoms with van der Waals surface area (Å²) >= 11 is 7.14. The molecule has 150 valence electrons. The van der Waals surface area contributed by atoms with Crippen molar-refractivity contribution in [1.29, 1.82) is 0 Å². The van der Waals surface area contributed by atoms with Gasteiger partial charge in [0.2, 0.25) is 4.80 Å². The van der Waals surface area contributed by atoms with E-state index in [1.807, 2.05) is 60.7 Å². The van der Waals surface area contributed by atoms with Crippen molar-refractivity contribution >= 4 is 34.9 Å². The van der Waals surface area contributed by atoms with Crippen LogP contribution in [0.25, 0.3) is 17.2 Å². The fraction of sp³-hybridized carbons (Fsp3) is 0.0417. The first-order valence-corrected chi connectivity index (χ1v) is 10.9. The highest BCUT2D eigenvalue weighted by Gasteiger charge is 2.51. The number of thiazole rings is 1. The van der Waals surface area contributed by atoms with Crippen molar-refractivity contribution in [3.05, 3.63) is 114 Å². The second-order valence-corrected chi connectivity index (χ2v) is 8.90. The summed E-state index contributed by atoms with van der Waals surface area (Å²) in [6, 6.07) is 22.7. The second kappa shape index (κ2) is 6.51. The van der Waals surface area contributed by atoms with E-state index < -0.39 is 5.54 Å². The van der Waals surface area contributed by atoms with Crippen LogP contribution in [0.3, 0.4) is 0 Å². The summed E-state index contributed by atoms with van der Waals surface area (Å²) in [7, 11) is 0. The van der Waals surface area contributed by atoms with Gasteiger partial charge < -0.3 is 0 Å². The molecule has 3 aromatic carbocycles. The molecule has 7 heteroatoms. The molecule has 1 aromatic heterocycles. The first-order chi connectivity index (χ1) is 15.1. The Balaban J connectivity index is 1.58. The van der Waals surface area contributed by atoms with E-state index >= 15 is 0 Å². The zero-order chi connectivity index (χ0) is 21.2. The van der Waals surface area contributed by atoms with Crippen LogP contribution >= 0.6 is 22.9 Å². The van der Waals surface area contributed by atoms with E-state index in [1.54, 1.807) is 18.2 Å². The predicted octanol–water partition coefficient (Wildman–Crippen LogP) is 3.02. The van der Waals surface area contributed by atoms with E-state index in [0.717, 1.165) is 27.8 Å². The standard InChI is InChI=1S/C24H14ClN3O2S/c25-15-11-9-14(10-12-15)13-20-21(29)28-23(31-20)26-22(30)24(27-28)18-7-3-1-5-16(18)17-6-2-4-8-19(17)24/h1-13,27H/b20-13+. The van der Waals surface area contributed by atoms with Crippen LogP contribution in [0.15, 0.2) is 82.6 Å². The van der Waals surface area contributed by atoms with Gasteiger partial charge in [-0.1, -0.05) is 83.6 Å². The zero-order valence-electron chi connectivity index (χ0n) is 16.0. The maximum absolute atomic E-state index is 13.5. The molecule has 0 saturated carbocycles. The van der Waals surface area contributed by atoms with Crippen LogP contribution in [0.4, 0.5) is 0 Å². The normalized spacial score (nSPS) is 15.8. The van der Waals surface area contributed by atoms with Crippen LogP contribution in [0.2, 0.25) is 5.02 Å². The first kappa shape index (κ1) is 18.3. The number of hydrogen-bond acceptors (Lipinski definition) is 4. The second-order valence-electron chi connectivity index (χ2n) is 7.46. The van der Waals surface area contributed by atoms with Gasteiger partial charge in [0.1, 0.15) is 0 Å². The molecule has 1 spiro atoms. The highest BCUT2D eigenvalue weighted by molar-refractivity contribution is 7.07. The lowest BCUT2D eigenvalue weighted by Crippen LogP contribution is -2.56. The third kappa shape index (κ3) is 2.52. The number of hydrogen-bond donors (Lipinski definition) is 1. The molecule has 31 heavy (non-hydrogen) atoms. The highest BCUT2D eigenvalue weighted by Crippen LogP contribution is 2.48. The minimum absolute atomic E-state index is 0.243. The van der Waals surface area contributed by atoms with Gasteiger partial charge in [0.15, 0.2) is 5.54 Å². The van der Waals surface area contributed by atoms with Crippen molar-refractivity contribution in [3.8, 4) is 11.1 Å². The zero-order valence-corrected chi connectivity index (χ0v) is 17.6. The Morgan fingerprint density at radius 2 is 1.52 bits per heavy atom. The molecule has 6 rings (SSSR count). The van der Waals surface area contributed by atoms with Crippen LogP contribution in [-0.2, 0) is 10.3 Å². The van der Waals surface area contributed by atoms with E-state index in [4.69, 9.17) is 11.6 Å². The van der Waals surface area contributed by atoms with Gasteiger partial charge in [-0.2, -0.15) is 9.67 Å². The molecular weight excluding hydrogens is 430 g/mol. The number of benzene rings is 3. The summed E-state index contributed by atoms with van der Waals surface area (Å²) in [6.45, 7) is 0. The number of rotatable bonds is 1. The smallest absolute Gasteiger partial charge is 0.288 e. The number of nitrogens with zero attached hydrogens (tertiary/aromatic N) is 2. The molecule has 4 aromatic rings. The molecule has 1 amide bonds. The Bertz CT molecular complexity index is 1520. The number of fused-ring (bicyclic) bond motifs is 6. The van der Waals surface area contributed by atoms with Crippen LogP contribution in [0.5, 0.6) is 0 Å². The summed E-state index contributed by atoms with van der Waals surface area (Å²) in [4.78, 5) is 31.4. The number of nitrogens with one attached hydrogen (secondary N) is 1. The minimum atomic E-state index is -1.22. The van der Waals surface area contributed by atoms with Gasteiger partial charge in [-0.3, -0.25) is 15.0 Å². The number of carbonyl (C=O) groups excluding carboxylic acids is 1. The third-order valence-corrected chi connectivity index (χ3v) is 6.94. The van der Waals surface area contributed by atoms with E-state index in [0.29, 0.717) is 14.4 Å². The number of carbonyl (C=O) groups is 1. The van der Waals surface area contributed by atoms with Crippen molar-refractivity contribution in [1.82, 2.24) is 4.68 Å². The lowest BCUT2D eigenvalue weighted by Gasteiger charge is -2.32. The van der Waals surface area contributed by atoms with Crippen LogP contribution in [-0.4, -0.2) is 10.6 Å². The Morgan fingerprint density at radius 3 is 2.16 bits per heavy atom. The average Bonchev–Trinajstić information content (AvgIpc) is 3.24. The van der Waals surface area contributed by atoms with Gasteiger partial charge in [0.05, 0.1) is 4.53 Å². The Morgan fingerprint density at radius 1 is 0.903 bits per heavy atom. The van der Waals surface area contributed by atoms with Crippen molar-refractivity contribution in [2.75, 3.05) is 5.43 Å². The Hall–Kier alpha value is -3.48. The lowest BCUT2D eigenvalue weighted by molar-refractivity contribution is -0.122. The van der Waals surface area contributed by atoms with Crippen molar-refractivity contribution < 1.29 is 4.79 Å². The van der Waals surface area contributed by atoms with Gasteiger partial charge >= 0.3 is 0 Å². The summed E-state index contributed by atoms with van der Waals surface area (Å²) in [5, 5.41) is 0.627. The molecule has 0 atom stereocenters. The van der Waals surface area contributed by atoms with Crippen LogP contribution in [0, 0.1) is 0 Å². The first-order valence-electron chi connectivity index (χ1n) is 9.68. The monoisotopic (exact) mass is 443 g/mol. The molecule has 5 nitrogen and oxygen atoms in total. The van der Waals surface area contributed by atoms with Crippen molar-refractivity contribution in [3.63, 3.8) is 0 Å². The summed E-state index contributed by atoms with van der Waals surface area (Å²) < 4.78 is 1.88. The molecule has 0 saturated heterocycles. The molecule has 1 N–H and O–H groups in total. The summed E-state index contributed by atoms with van der Waals surface area (Å²) in [6.07, 6.45) is 1.78. The summed E-state index contributed by atoms with van der Waals surface area (Å²) in [5.41, 5.74) is 6.17. The van der Waals surface area contributed by atoms with Gasteiger partial charge in [-0.25, -0.2) is 0 Å². The van der Waals surface area contributed by atoms with Crippen molar-refractivity contribution in [2.45, 2.75) is 5.54 Å². The summed E-state index contributed by atoms with van der Waals surface area (Å²) in [5.74, 6) is -0.329. The topological polar surface area (TPSA) is 63.5 Å². The Labute approximate surface area is 185 Å². The molecule has 0 fully saturated rings. The number of halogens is 1. The molecule has 2 heterocycles. The largest absolute Gasteiger partial charge is 0.296 e. The average molecular weight is 444 g/mol. The lowest BCUT2D eigenvalue weighted by atomic mass is 9.87.